The minimum absolute atomic E-state index is 0.104. The first-order valence-corrected chi connectivity index (χ1v) is 29.3. The number of esters is 3. The average Bonchev–Trinajstić information content (AvgIpc) is 3.36. The van der Waals surface area contributed by atoms with Gasteiger partial charge in [0.25, 0.3) is 0 Å². The molecule has 0 saturated heterocycles. The topological polar surface area (TPSA) is 78.9 Å². The summed E-state index contributed by atoms with van der Waals surface area (Å²) in [6, 6.07) is 0. The van der Waals surface area contributed by atoms with Crippen molar-refractivity contribution in [3.8, 4) is 0 Å². The maximum absolute atomic E-state index is 12.9. The zero-order valence-electron chi connectivity index (χ0n) is 45.8. The lowest BCUT2D eigenvalue weighted by Crippen LogP contribution is -2.30. The van der Waals surface area contributed by atoms with Gasteiger partial charge in [-0.15, -0.1) is 0 Å². The van der Waals surface area contributed by atoms with Crippen molar-refractivity contribution in [2.75, 3.05) is 13.2 Å². The van der Waals surface area contributed by atoms with Crippen LogP contribution in [0.4, 0.5) is 0 Å². The summed E-state index contributed by atoms with van der Waals surface area (Å²) in [5.41, 5.74) is 0. The molecule has 0 aromatic heterocycles. The van der Waals surface area contributed by atoms with Crippen molar-refractivity contribution >= 4 is 17.9 Å². The highest BCUT2D eigenvalue weighted by atomic mass is 16.6. The molecule has 0 bridgehead atoms. The zero-order chi connectivity index (χ0) is 50.7. The standard InChI is InChI=1S/C64H108O6/c1-4-7-10-13-16-19-22-25-28-31-32-34-36-39-42-45-48-51-54-57-63(66)69-60-61(59-68-62(65)56-53-50-47-44-41-38-35-30-27-24-21-18-15-12-9-6-3)70-64(67)58-55-52-49-46-43-40-37-33-29-26-23-20-17-14-11-8-5-2/h7,10,16,19,25-26,28-30,32,34-35,38-39,41-42,61H,4-6,8-9,11-15,17-18,20-24,27,31,33,36-37,40,43-60H2,1-3H3/b10-7-,19-16-,28-25-,29-26-,34-32-,35-30-,41-38-,42-39-. The van der Waals surface area contributed by atoms with Crippen LogP contribution in [-0.4, -0.2) is 37.2 Å². The molecule has 0 rings (SSSR count). The van der Waals surface area contributed by atoms with Gasteiger partial charge in [0.1, 0.15) is 13.2 Å². The summed E-state index contributed by atoms with van der Waals surface area (Å²) in [6.45, 7) is 6.47. The second kappa shape index (κ2) is 57.9. The van der Waals surface area contributed by atoms with Crippen LogP contribution in [-0.2, 0) is 28.6 Å². The smallest absolute Gasteiger partial charge is 0.306 e. The Morgan fingerprint density at radius 3 is 0.986 bits per heavy atom. The van der Waals surface area contributed by atoms with Gasteiger partial charge in [0.05, 0.1) is 0 Å². The van der Waals surface area contributed by atoms with E-state index in [1.165, 1.54) is 122 Å². The monoisotopic (exact) mass is 973 g/mol. The Bertz CT molecular complexity index is 1400. The Balaban J connectivity index is 4.50. The van der Waals surface area contributed by atoms with Crippen LogP contribution in [0, 0.1) is 0 Å². The van der Waals surface area contributed by atoms with E-state index in [-0.39, 0.29) is 31.1 Å². The van der Waals surface area contributed by atoms with E-state index in [1.54, 1.807) is 0 Å². The maximum atomic E-state index is 12.9. The Morgan fingerprint density at radius 1 is 0.314 bits per heavy atom. The van der Waals surface area contributed by atoms with Crippen LogP contribution in [0.2, 0.25) is 0 Å². The number of hydrogen-bond acceptors (Lipinski definition) is 6. The number of unbranched alkanes of at least 4 members (excludes halogenated alkanes) is 26. The van der Waals surface area contributed by atoms with E-state index in [1.807, 2.05) is 0 Å². The van der Waals surface area contributed by atoms with Crippen LogP contribution in [0.3, 0.4) is 0 Å². The van der Waals surface area contributed by atoms with Gasteiger partial charge in [0.15, 0.2) is 6.10 Å². The van der Waals surface area contributed by atoms with Crippen molar-refractivity contribution in [2.45, 2.75) is 277 Å². The molecular weight excluding hydrogens is 865 g/mol. The molecule has 0 N–H and O–H groups in total. The van der Waals surface area contributed by atoms with Gasteiger partial charge in [-0.25, -0.2) is 0 Å². The van der Waals surface area contributed by atoms with Gasteiger partial charge < -0.3 is 14.2 Å². The molecule has 0 aromatic rings. The highest BCUT2D eigenvalue weighted by molar-refractivity contribution is 5.71. The van der Waals surface area contributed by atoms with Crippen molar-refractivity contribution in [3.05, 3.63) is 97.2 Å². The number of carbonyl (C=O) groups excluding carboxylic acids is 3. The maximum Gasteiger partial charge on any atom is 0.306 e. The fourth-order valence-corrected chi connectivity index (χ4v) is 7.92. The summed E-state index contributed by atoms with van der Waals surface area (Å²) in [7, 11) is 0. The van der Waals surface area contributed by atoms with Crippen molar-refractivity contribution in [3.63, 3.8) is 0 Å². The fourth-order valence-electron chi connectivity index (χ4n) is 7.92. The molecule has 0 spiro atoms. The summed E-state index contributed by atoms with van der Waals surface area (Å²) < 4.78 is 16.8. The lowest BCUT2D eigenvalue weighted by atomic mass is 10.1. The number of ether oxygens (including phenoxy) is 3. The first-order valence-electron chi connectivity index (χ1n) is 29.3. The molecule has 1 atom stereocenters. The van der Waals surface area contributed by atoms with Gasteiger partial charge in [0, 0.05) is 19.3 Å². The second-order valence-electron chi connectivity index (χ2n) is 19.2. The predicted octanol–water partition coefficient (Wildman–Crippen LogP) is 19.7. The molecule has 70 heavy (non-hydrogen) atoms. The summed E-state index contributed by atoms with van der Waals surface area (Å²) in [5, 5.41) is 0. The normalized spacial score (nSPS) is 12.8. The van der Waals surface area contributed by atoms with Crippen molar-refractivity contribution in [1.82, 2.24) is 0 Å². The molecule has 1 unspecified atom stereocenters. The molecule has 0 fully saturated rings. The first kappa shape index (κ1) is 66.3. The molecule has 0 radical (unpaired) electrons. The summed E-state index contributed by atoms with van der Waals surface area (Å²) in [5.74, 6) is -0.961. The Labute approximate surface area is 432 Å². The van der Waals surface area contributed by atoms with Crippen LogP contribution in [0.5, 0.6) is 0 Å². The van der Waals surface area contributed by atoms with Crippen molar-refractivity contribution in [2.24, 2.45) is 0 Å². The molecule has 0 aromatic carbocycles. The third-order valence-corrected chi connectivity index (χ3v) is 12.3. The molecule has 0 aliphatic carbocycles. The van der Waals surface area contributed by atoms with Gasteiger partial charge in [-0.05, 0) is 116 Å². The van der Waals surface area contributed by atoms with E-state index in [0.717, 1.165) is 109 Å². The average molecular weight is 974 g/mol. The Morgan fingerprint density at radius 2 is 0.600 bits per heavy atom. The van der Waals surface area contributed by atoms with Crippen LogP contribution in [0.1, 0.15) is 271 Å². The zero-order valence-corrected chi connectivity index (χ0v) is 45.8. The predicted molar refractivity (Wildman–Crippen MR) is 302 cm³/mol. The van der Waals surface area contributed by atoms with E-state index >= 15 is 0 Å². The summed E-state index contributed by atoms with van der Waals surface area (Å²) in [6.07, 6.45) is 76.8. The second-order valence-corrected chi connectivity index (χ2v) is 19.2. The number of carbonyl (C=O) groups is 3. The van der Waals surface area contributed by atoms with E-state index in [2.05, 4.69) is 118 Å². The molecule has 400 valence electrons. The molecule has 0 heterocycles. The summed E-state index contributed by atoms with van der Waals surface area (Å²) in [4.78, 5) is 38.2. The molecule has 6 heteroatoms. The van der Waals surface area contributed by atoms with Crippen LogP contribution < -0.4 is 0 Å². The van der Waals surface area contributed by atoms with E-state index in [9.17, 15) is 14.4 Å². The van der Waals surface area contributed by atoms with Gasteiger partial charge in [-0.1, -0.05) is 234 Å². The fraction of sp³-hybridized carbons (Fsp3) is 0.703. The van der Waals surface area contributed by atoms with Gasteiger partial charge in [-0.2, -0.15) is 0 Å². The molecule has 0 aliphatic rings. The molecule has 0 amide bonds. The number of allylic oxidation sites excluding steroid dienone is 16. The number of hydrogen-bond donors (Lipinski definition) is 0. The molecule has 0 saturated carbocycles. The van der Waals surface area contributed by atoms with Crippen LogP contribution in [0.25, 0.3) is 0 Å². The lowest BCUT2D eigenvalue weighted by Gasteiger charge is -2.18. The minimum atomic E-state index is -0.806. The largest absolute Gasteiger partial charge is 0.462 e. The van der Waals surface area contributed by atoms with E-state index in [0.29, 0.717) is 19.3 Å². The highest BCUT2D eigenvalue weighted by Gasteiger charge is 2.19. The first-order chi connectivity index (χ1) is 34.5. The lowest BCUT2D eigenvalue weighted by molar-refractivity contribution is -0.167. The van der Waals surface area contributed by atoms with Crippen molar-refractivity contribution in [1.29, 1.82) is 0 Å². The highest BCUT2D eigenvalue weighted by Crippen LogP contribution is 2.14. The van der Waals surface area contributed by atoms with Crippen LogP contribution in [0.15, 0.2) is 97.2 Å². The van der Waals surface area contributed by atoms with Gasteiger partial charge in [-0.3, -0.25) is 14.4 Å². The third kappa shape index (κ3) is 55.3. The Hall–Kier alpha value is -3.67. The van der Waals surface area contributed by atoms with E-state index in [4.69, 9.17) is 14.2 Å². The third-order valence-electron chi connectivity index (χ3n) is 12.3. The van der Waals surface area contributed by atoms with Crippen molar-refractivity contribution < 1.29 is 28.6 Å². The molecular formula is C64H108O6. The summed E-state index contributed by atoms with van der Waals surface area (Å²) >= 11 is 0. The van der Waals surface area contributed by atoms with Gasteiger partial charge >= 0.3 is 17.9 Å². The SMILES string of the molecule is CC/C=C\C/C=C\C/C=C\C/C=C\C/C=C\CCCCCC(=O)OCC(COC(=O)CCCCC/C=C\C=C/CCCCCCCCC)OC(=O)CCCCCCCCC/C=C\CCCCCCCC. The molecule has 0 aliphatic heterocycles. The quantitative estimate of drug-likeness (QED) is 0.0199. The molecule has 6 nitrogen and oxygen atoms in total. The Kier molecular flexibility index (Phi) is 54.9. The number of rotatable bonds is 52. The van der Waals surface area contributed by atoms with Gasteiger partial charge in [0.2, 0.25) is 0 Å². The minimum Gasteiger partial charge on any atom is -0.462 e. The van der Waals surface area contributed by atoms with Crippen LogP contribution >= 0.6 is 0 Å². The van der Waals surface area contributed by atoms with E-state index < -0.39 is 6.10 Å².